The van der Waals surface area contributed by atoms with Crippen LogP contribution >= 0.6 is 11.8 Å². The van der Waals surface area contributed by atoms with Crippen LogP contribution in [0.25, 0.3) is 0 Å². The van der Waals surface area contributed by atoms with E-state index in [0.717, 1.165) is 32.4 Å². The van der Waals surface area contributed by atoms with E-state index in [2.05, 4.69) is 48.9 Å². The maximum absolute atomic E-state index is 12.4. The summed E-state index contributed by atoms with van der Waals surface area (Å²) >= 11 is 1.86. The van der Waals surface area contributed by atoms with Gasteiger partial charge < -0.3 is 10.6 Å². The summed E-state index contributed by atoms with van der Waals surface area (Å²) in [5.74, 6) is 0.129. The number of rotatable bonds is 6. The van der Waals surface area contributed by atoms with Gasteiger partial charge in [-0.3, -0.25) is 4.79 Å². The second-order valence-corrected chi connectivity index (χ2v) is 6.99. The molecule has 0 spiro atoms. The normalized spacial score (nSPS) is 18.1. The van der Waals surface area contributed by atoms with E-state index in [1.54, 1.807) is 0 Å². The molecule has 1 heterocycles. The number of fused-ring (bicyclic) bond motifs is 1. The smallest absolute Gasteiger partial charge is 0.237 e. The molecule has 2 N–H and O–H groups in total. The second kappa shape index (κ2) is 7.32. The SMILES string of the molecule is CCC(CC)(CNC(=O)[C@H]1Cc2ccccc2CN1)SC. The largest absolute Gasteiger partial charge is 0.353 e. The molecule has 0 radical (unpaired) electrons. The van der Waals surface area contributed by atoms with Crippen LogP contribution in [-0.2, 0) is 17.8 Å². The number of benzene rings is 1. The van der Waals surface area contributed by atoms with Crippen LogP contribution in [0.4, 0.5) is 0 Å². The lowest BCUT2D eigenvalue weighted by Crippen LogP contribution is -2.50. The summed E-state index contributed by atoms with van der Waals surface area (Å²) in [5.41, 5.74) is 2.60. The molecule has 1 atom stereocenters. The van der Waals surface area contributed by atoms with Gasteiger partial charge in [-0.15, -0.1) is 0 Å². The molecule has 0 aromatic heterocycles. The lowest BCUT2D eigenvalue weighted by molar-refractivity contribution is -0.123. The Morgan fingerprint density at radius 3 is 2.62 bits per heavy atom. The lowest BCUT2D eigenvalue weighted by Gasteiger charge is -2.31. The average molecular weight is 306 g/mol. The van der Waals surface area contributed by atoms with Crippen molar-refractivity contribution in [2.45, 2.75) is 50.4 Å². The van der Waals surface area contributed by atoms with E-state index < -0.39 is 0 Å². The molecule has 116 valence electrons. The molecule has 0 aliphatic carbocycles. The van der Waals surface area contributed by atoms with Gasteiger partial charge in [-0.2, -0.15) is 11.8 Å². The predicted octanol–water partition coefficient (Wildman–Crippen LogP) is 2.74. The van der Waals surface area contributed by atoms with Crippen LogP contribution in [0, 0.1) is 0 Å². The van der Waals surface area contributed by atoms with Crippen LogP contribution < -0.4 is 10.6 Å². The first-order chi connectivity index (χ1) is 10.1. The van der Waals surface area contributed by atoms with Crippen LogP contribution in [0.1, 0.15) is 37.8 Å². The molecule has 21 heavy (non-hydrogen) atoms. The number of hydrogen-bond acceptors (Lipinski definition) is 3. The molecule has 4 heteroatoms. The van der Waals surface area contributed by atoms with Crippen molar-refractivity contribution in [3.05, 3.63) is 35.4 Å². The van der Waals surface area contributed by atoms with Crippen LogP contribution in [0.3, 0.4) is 0 Å². The molecule has 1 aliphatic heterocycles. The minimum Gasteiger partial charge on any atom is -0.353 e. The van der Waals surface area contributed by atoms with Gasteiger partial charge in [-0.1, -0.05) is 38.1 Å². The Labute approximate surface area is 132 Å². The Balaban J connectivity index is 1.93. The predicted molar refractivity (Wildman–Crippen MR) is 90.6 cm³/mol. The number of nitrogens with one attached hydrogen (secondary N) is 2. The fourth-order valence-electron chi connectivity index (χ4n) is 2.87. The van der Waals surface area contributed by atoms with Crippen molar-refractivity contribution in [3.63, 3.8) is 0 Å². The van der Waals surface area contributed by atoms with E-state index in [-0.39, 0.29) is 16.7 Å². The molecule has 0 fully saturated rings. The van der Waals surface area contributed by atoms with Gasteiger partial charge in [0.1, 0.15) is 0 Å². The summed E-state index contributed by atoms with van der Waals surface area (Å²) < 4.78 is 0.169. The van der Waals surface area contributed by atoms with E-state index in [0.29, 0.717) is 0 Å². The first kappa shape index (κ1) is 16.4. The maximum Gasteiger partial charge on any atom is 0.237 e. The van der Waals surface area contributed by atoms with Crippen molar-refractivity contribution in [2.24, 2.45) is 0 Å². The van der Waals surface area contributed by atoms with Gasteiger partial charge >= 0.3 is 0 Å². The van der Waals surface area contributed by atoms with Gasteiger partial charge in [-0.05, 0) is 36.6 Å². The fraction of sp³-hybridized carbons (Fsp3) is 0.588. The Kier molecular flexibility index (Phi) is 5.71. The van der Waals surface area contributed by atoms with Gasteiger partial charge in [0, 0.05) is 17.8 Å². The van der Waals surface area contributed by atoms with Crippen molar-refractivity contribution < 1.29 is 4.79 Å². The minimum atomic E-state index is -0.104. The Morgan fingerprint density at radius 2 is 2.00 bits per heavy atom. The zero-order chi connectivity index (χ0) is 15.3. The number of carbonyl (C=O) groups is 1. The number of amides is 1. The van der Waals surface area contributed by atoms with Crippen molar-refractivity contribution >= 4 is 17.7 Å². The van der Waals surface area contributed by atoms with Crippen molar-refractivity contribution in [2.75, 3.05) is 12.8 Å². The minimum absolute atomic E-state index is 0.104. The number of carbonyl (C=O) groups excluding carboxylic acids is 1. The van der Waals surface area contributed by atoms with E-state index in [9.17, 15) is 4.79 Å². The molecule has 1 amide bonds. The molecule has 3 nitrogen and oxygen atoms in total. The highest BCUT2D eigenvalue weighted by atomic mass is 32.2. The van der Waals surface area contributed by atoms with Gasteiger partial charge in [0.05, 0.1) is 6.04 Å². The molecule has 0 bridgehead atoms. The van der Waals surface area contributed by atoms with E-state index >= 15 is 0 Å². The Morgan fingerprint density at radius 1 is 1.33 bits per heavy atom. The standard InChI is InChI=1S/C17H26N2OS/c1-4-17(5-2,21-3)12-19-16(20)15-10-13-8-6-7-9-14(13)11-18-15/h6-9,15,18H,4-5,10-12H2,1-3H3,(H,19,20)/t15-/m1/s1. The van der Waals surface area contributed by atoms with E-state index in [1.165, 1.54) is 11.1 Å². The van der Waals surface area contributed by atoms with E-state index in [1.807, 2.05) is 17.8 Å². The van der Waals surface area contributed by atoms with Crippen LogP contribution in [0.2, 0.25) is 0 Å². The zero-order valence-electron chi connectivity index (χ0n) is 13.2. The average Bonchev–Trinajstić information content (AvgIpc) is 2.56. The van der Waals surface area contributed by atoms with Gasteiger partial charge in [0.15, 0.2) is 0 Å². The highest BCUT2D eigenvalue weighted by molar-refractivity contribution is 8.00. The monoisotopic (exact) mass is 306 g/mol. The molecule has 0 unspecified atom stereocenters. The Hall–Kier alpha value is -1.00. The highest BCUT2D eigenvalue weighted by Crippen LogP contribution is 2.29. The topological polar surface area (TPSA) is 41.1 Å². The molecule has 1 aromatic carbocycles. The summed E-state index contributed by atoms with van der Waals surface area (Å²) in [6.45, 7) is 5.92. The second-order valence-electron chi connectivity index (χ2n) is 5.72. The highest BCUT2D eigenvalue weighted by Gasteiger charge is 2.28. The van der Waals surface area contributed by atoms with Crippen molar-refractivity contribution in [1.29, 1.82) is 0 Å². The molecule has 1 aliphatic rings. The molecule has 2 rings (SSSR count). The van der Waals surface area contributed by atoms with Crippen LogP contribution in [0.15, 0.2) is 24.3 Å². The third-order valence-corrected chi connectivity index (χ3v) is 6.29. The summed E-state index contributed by atoms with van der Waals surface area (Å²) in [4.78, 5) is 12.4. The maximum atomic E-state index is 12.4. The first-order valence-corrected chi connectivity index (χ1v) is 8.99. The molecular formula is C17H26N2OS. The van der Waals surface area contributed by atoms with Gasteiger partial charge in [0.25, 0.3) is 0 Å². The summed E-state index contributed by atoms with van der Waals surface area (Å²) in [6, 6.07) is 8.25. The van der Waals surface area contributed by atoms with Gasteiger partial charge in [-0.25, -0.2) is 0 Å². The number of thioether (sulfide) groups is 1. The van der Waals surface area contributed by atoms with Gasteiger partial charge in [0.2, 0.25) is 5.91 Å². The fourth-order valence-corrected chi connectivity index (χ4v) is 3.67. The summed E-state index contributed by atoms with van der Waals surface area (Å²) in [6.07, 6.45) is 5.07. The van der Waals surface area contributed by atoms with E-state index in [4.69, 9.17) is 0 Å². The number of hydrogen-bond donors (Lipinski definition) is 2. The molecule has 1 aromatic rings. The third-order valence-electron chi connectivity index (χ3n) is 4.70. The Bertz CT molecular complexity index is 477. The lowest BCUT2D eigenvalue weighted by atomic mass is 9.95. The summed E-state index contributed by atoms with van der Waals surface area (Å²) in [7, 11) is 0. The summed E-state index contributed by atoms with van der Waals surface area (Å²) in [5, 5.41) is 6.50. The quantitative estimate of drug-likeness (QED) is 0.849. The molecule has 0 saturated carbocycles. The van der Waals surface area contributed by atoms with Crippen LogP contribution in [0.5, 0.6) is 0 Å². The van der Waals surface area contributed by atoms with Crippen molar-refractivity contribution in [3.8, 4) is 0 Å². The molecular weight excluding hydrogens is 280 g/mol. The van der Waals surface area contributed by atoms with Crippen molar-refractivity contribution in [1.82, 2.24) is 10.6 Å². The molecule has 0 saturated heterocycles. The third kappa shape index (κ3) is 3.80. The van der Waals surface area contributed by atoms with Crippen LogP contribution in [-0.4, -0.2) is 29.5 Å². The zero-order valence-corrected chi connectivity index (χ0v) is 14.1. The first-order valence-electron chi connectivity index (χ1n) is 7.77.